The third kappa shape index (κ3) is 7.06. The van der Waals surface area contributed by atoms with Crippen LogP contribution in [0.4, 0.5) is 0 Å². The van der Waals surface area contributed by atoms with Crippen molar-refractivity contribution < 1.29 is 0 Å². The van der Waals surface area contributed by atoms with Gasteiger partial charge in [-0.05, 0) is 71.8 Å². The van der Waals surface area contributed by atoms with E-state index >= 15 is 0 Å². The quantitative estimate of drug-likeness (QED) is 0.158. The molecule has 0 spiro atoms. The molecule has 4 nitrogen and oxygen atoms in total. The first kappa shape index (κ1) is 43.7. The molecule has 0 aliphatic heterocycles. The molecule has 71 heavy (non-hydrogen) atoms. The monoisotopic (exact) mass is 952 g/mol. The lowest BCUT2D eigenvalue weighted by Gasteiger charge is -2.14. The zero-order valence-corrected chi connectivity index (χ0v) is 39.3. The average Bonchev–Trinajstić information content (AvgIpc) is 4.17. The number of fused-ring (bicyclic) bond motifs is 10. The van der Waals surface area contributed by atoms with Crippen LogP contribution in [0.3, 0.4) is 0 Å². The highest BCUT2D eigenvalue weighted by Crippen LogP contribution is 2.47. The highest BCUT2D eigenvalue weighted by atomic mass is 35.5. The summed E-state index contributed by atoms with van der Waals surface area (Å²) >= 11 is 13.5. The lowest BCUT2D eigenvalue weighted by atomic mass is 10.0. The van der Waals surface area contributed by atoms with Crippen molar-refractivity contribution in [3.63, 3.8) is 0 Å². The van der Waals surface area contributed by atoms with Gasteiger partial charge in [-0.1, -0.05) is 225 Å². The minimum Gasteiger partial charge on any atom is -0.306 e. The van der Waals surface area contributed by atoms with E-state index in [-0.39, 0.29) is 7.43 Å². The highest BCUT2D eigenvalue weighted by Gasteiger charge is 2.27. The zero-order chi connectivity index (χ0) is 46.7. The summed E-state index contributed by atoms with van der Waals surface area (Å²) in [5.41, 5.74) is 18.4. The molecule has 0 radical (unpaired) electrons. The summed E-state index contributed by atoms with van der Waals surface area (Å²) in [6.07, 6.45) is 0. The van der Waals surface area contributed by atoms with Crippen LogP contribution in [0, 0.1) is 0 Å². The number of benzene rings is 10. The number of hydrogen-bond acceptors (Lipinski definition) is 0. The summed E-state index contributed by atoms with van der Waals surface area (Å²) in [7, 11) is 0. The van der Waals surface area contributed by atoms with Crippen molar-refractivity contribution in [2.24, 2.45) is 0 Å². The maximum absolute atomic E-state index is 6.77. The van der Waals surface area contributed by atoms with E-state index < -0.39 is 0 Å². The molecule has 0 atom stereocenters. The van der Waals surface area contributed by atoms with E-state index in [0.29, 0.717) is 0 Å². The van der Waals surface area contributed by atoms with E-state index in [1.807, 2.05) is 60.7 Å². The molecule has 0 unspecified atom stereocenters. The molecule has 0 fully saturated rings. The van der Waals surface area contributed by atoms with Crippen molar-refractivity contribution in [3.05, 3.63) is 265 Å². The Hall–Kier alpha value is -8.54. The first-order valence-corrected chi connectivity index (χ1v) is 24.3. The first-order valence-electron chi connectivity index (χ1n) is 23.5. The Morgan fingerprint density at radius 3 is 0.746 bits per heavy atom. The Morgan fingerprint density at radius 2 is 0.451 bits per heavy atom. The van der Waals surface area contributed by atoms with E-state index in [4.69, 9.17) is 23.2 Å². The molecule has 0 N–H and O–H groups in total. The van der Waals surface area contributed by atoms with Gasteiger partial charge in [-0.25, -0.2) is 0 Å². The smallest absolute Gasteiger partial charge is 0.0804 e. The highest BCUT2D eigenvalue weighted by molar-refractivity contribution is 6.39. The summed E-state index contributed by atoms with van der Waals surface area (Å²) in [6.45, 7) is 0. The van der Waals surface area contributed by atoms with Crippen LogP contribution in [-0.2, 0) is 0 Å². The maximum Gasteiger partial charge on any atom is 0.0804 e. The number of rotatable bonds is 6. The standard InChI is InChI=1S/C38H26N2.C26H16Cl2N2.CH4/c1-5-15-27(16-6-1)31-23-13-25-33-35(31)39(29-19-9-3-10-20-29)38-34-26-14-24-32(28-17-7-2-8-18-28)36(34)40(37(33)38)30-21-11-4-12-22-30;27-21-15-7-13-19-23(21)29(17-9-3-1-4-10-17)25-20-14-8-16-22(28)24(20)30(26(19)25)18-11-5-2-6-12-18;/h1-26H;1-16H;1H4. The Kier molecular flexibility index (Phi) is 11.1. The van der Waals surface area contributed by atoms with Gasteiger partial charge < -0.3 is 18.3 Å². The van der Waals surface area contributed by atoms with Crippen molar-refractivity contribution >= 4 is 88.9 Å². The first-order chi connectivity index (χ1) is 34.7. The zero-order valence-electron chi connectivity index (χ0n) is 37.8. The predicted molar refractivity (Wildman–Crippen MR) is 303 cm³/mol. The van der Waals surface area contributed by atoms with Crippen LogP contribution < -0.4 is 0 Å². The molecule has 0 saturated carbocycles. The minimum atomic E-state index is 0. The molecule has 0 aliphatic carbocycles. The van der Waals surface area contributed by atoms with E-state index in [1.54, 1.807) is 0 Å². The molecule has 4 aromatic heterocycles. The SMILES string of the molecule is C.Clc1cccc2c1n(-c1ccccc1)c1c3cccc(Cl)c3n(-c3ccccc3)c21.c1ccc(-c2cccc3c2n(-c2ccccc2)c2c4cccc(-c5ccccc5)c4n(-c4ccccc4)c32)cc1. The van der Waals surface area contributed by atoms with Gasteiger partial charge in [-0.3, -0.25) is 0 Å². The predicted octanol–water partition coefficient (Wildman–Crippen LogP) is 18.7. The van der Waals surface area contributed by atoms with Crippen molar-refractivity contribution in [2.75, 3.05) is 0 Å². The third-order valence-corrected chi connectivity index (χ3v) is 14.1. The molecule has 0 saturated heterocycles. The maximum atomic E-state index is 6.77. The largest absolute Gasteiger partial charge is 0.306 e. The topological polar surface area (TPSA) is 19.7 Å². The van der Waals surface area contributed by atoms with Crippen LogP contribution in [0.25, 0.3) is 111 Å². The second kappa shape index (κ2) is 18.1. The van der Waals surface area contributed by atoms with Gasteiger partial charge in [0.2, 0.25) is 0 Å². The molecule has 10 aromatic carbocycles. The second-order valence-electron chi connectivity index (χ2n) is 17.5. The Morgan fingerprint density at radius 1 is 0.211 bits per heavy atom. The van der Waals surface area contributed by atoms with Gasteiger partial charge in [-0.15, -0.1) is 0 Å². The fourth-order valence-electron chi connectivity index (χ4n) is 10.7. The van der Waals surface area contributed by atoms with Crippen molar-refractivity contribution in [1.29, 1.82) is 0 Å². The number of aromatic nitrogens is 4. The van der Waals surface area contributed by atoms with Crippen LogP contribution in [0.5, 0.6) is 0 Å². The van der Waals surface area contributed by atoms with Gasteiger partial charge in [0.15, 0.2) is 0 Å². The molecule has 14 aromatic rings. The Bertz CT molecular complexity index is 3940. The van der Waals surface area contributed by atoms with Crippen molar-refractivity contribution in [3.8, 4) is 45.0 Å². The van der Waals surface area contributed by atoms with Gasteiger partial charge in [0.25, 0.3) is 0 Å². The lowest BCUT2D eigenvalue weighted by Crippen LogP contribution is -1.96. The summed E-state index contributed by atoms with van der Waals surface area (Å²) in [6, 6.07) is 89.4. The lowest BCUT2D eigenvalue weighted by molar-refractivity contribution is 1.17. The van der Waals surface area contributed by atoms with Crippen molar-refractivity contribution in [2.45, 2.75) is 7.43 Å². The molecular formula is C65H46Cl2N4. The van der Waals surface area contributed by atoms with Crippen LogP contribution in [-0.4, -0.2) is 18.3 Å². The molecular weight excluding hydrogens is 908 g/mol. The molecule has 0 aliphatic rings. The van der Waals surface area contributed by atoms with Crippen LogP contribution in [0.2, 0.25) is 10.0 Å². The molecule has 0 bridgehead atoms. The summed E-state index contributed by atoms with van der Waals surface area (Å²) in [4.78, 5) is 0. The summed E-state index contributed by atoms with van der Waals surface area (Å²) < 4.78 is 9.46. The van der Waals surface area contributed by atoms with Gasteiger partial charge in [0.1, 0.15) is 0 Å². The van der Waals surface area contributed by atoms with Gasteiger partial charge >= 0.3 is 0 Å². The fraction of sp³-hybridized carbons (Fsp3) is 0.0154. The van der Waals surface area contributed by atoms with E-state index in [2.05, 4.69) is 212 Å². The summed E-state index contributed by atoms with van der Waals surface area (Å²) in [5, 5.41) is 6.11. The summed E-state index contributed by atoms with van der Waals surface area (Å²) in [5.74, 6) is 0. The van der Waals surface area contributed by atoms with Crippen LogP contribution in [0.15, 0.2) is 255 Å². The fourth-order valence-corrected chi connectivity index (χ4v) is 11.2. The normalized spacial score (nSPS) is 11.4. The Balaban J connectivity index is 0.000000149. The number of para-hydroxylation sites is 8. The average molecular weight is 954 g/mol. The molecule has 0 amide bonds. The Labute approximate surface area is 422 Å². The van der Waals surface area contributed by atoms with Gasteiger partial charge in [0.05, 0.1) is 54.2 Å². The number of halogens is 2. The van der Waals surface area contributed by atoms with E-state index in [9.17, 15) is 0 Å². The van der Waals surface area contributed by atoms with E-state index in [0.717, 1.165) is 65.6 Å². The van der Waals surface area contributed by atoms with Crippen LogP contribution in [0.1, 0.15) is 7.43 Å². The number of hydrogen-bond donors (Lipinski definition) is 0. The van der Waals surface area contributed by atoms with Crippen molar-refractivity contribution in [1.82, 2.24) is 18.3 Å². The van der Waals surface area contributed by atoms with E-state index in [1.165, 1.54) is 55.1 Å². The second-order valence-corrected chi connectivity index (χ2v) is 18.3. The molecule has 4 heterocycles. The molecule has 6 heteroatoms. The van der Waals surface area contributed by atoms with Gasteiger partial charge in [-0.2, -0.15) is 0 Å². The molecule has 14 rings (SSSR count). The molecule has 340 valence electrons. The minimum absolute atomic E-state index is 0. The number of nitrogens with zero attached hydrogens (tertiary/aromatic N) is 4. The third-order valence-electron chi connectivity index (χ3n) is 13.5. The van der Waals surface area contributed by atoms with Crippen LogP contribution >= 0.6 is 23.2 Å². The van der Waals surface area contributed by atoms with Gasteiger partial charge in [0, 0.05) is 55.4 Å².